The quantitative estimate of drug-likeness (QED) is 0.574. The molecule has 1 saturated heterocycles. The van der Waals surface area contributed by atoms with Gasteiger partial charge in [0.15, 0.2) is 0 Å². The van der Waals surface area contributed by atoms with Gasteiger partial charge in [0.2, 0.25) is 6.04 Å². The molecule has 118 valence electrons. The molecule has 0 saturated carbocycles. The Bertz CT molecular complexity index is 619. The van der Waals surface area contributed by atoms with Crippen molar-refractivity contribution in [2.45, 2.75) is 31.0 Å². The number of hydrogen-bond donors (Lipinski definition) is 1. The highest BCUT2D eigenvalue weighted by Crippen LogP contribution is 2.32. The van der Waals surface area contributed by atoms with Gasteiger partial charge in [0.1, 0.15) is 17.0 Å². The first-order valence-corrected chi connectivity index (χ1v) is 7.92. The Balaban J connectivity index is 2.35. The lowest BCUT2D eigenvalue weighted by Gasteiger charge is -2.30. The third kappa shape index (κ3) is 3.68. The van der Waals surface area contributed by atoms with Crippen molar-refractivity contribution < 1.29 is 14.6 Å². The van der Waals surface area contributed by atoms with Gasteiger partial charge >= 0.3 is 5.91 Å². The molecule has 10 heteroatoms. The number of nitrogens with zero attached hydrogens (tertiary/aromatic N) is 2. The molecule has 22 heavy (non-hydrogen) atoms. The van der Waals surface area contributed by atoms with E-state index in [0.717, 1.165) is 0 Å². The predicted molar refractivity (Wildman–Crippen MR) is 83.5 cm³/mol. The molecule has 1 heterocycles. The van der Waals surface area contributed by atoms with Gasteiger partial charge in [-0.2, -0.15) is 0 Å². The Morgan fingerprint density at radius 1 is 1.14 bits per heavy atom. The van der Waals surface area contributed by atoms with Gasteiger partial charge in [-0.05, 0) is 30.2 Å². The summed E-state index contributed by atoms with van der Waals surface area (Å²) in [5, 5.41) is 24.6. The van der Waals surface area contributed by atoms with Crippen LogP contribution in [-0.4, -0.2) is 27.8 Å². The van der Waals surface area contributed by atoms with E-state index in [1.807, 2.05) is 0 Å². The summed E-state index contributed by atoms with van der Waals surface area (Å²) < 4.78 is 1.42. The zero-order valence-corrected chi connectivity index (χ0v) is 14.2. The third-order valence-corrected chi connectivity index (χ3v) is 4.43. The van der Waals surface area contributed by atoms with Crippen molar-refractivity contribution in [2.24, 2.45) is 0 Å². The first kappa shape index (κ1) is 17.0. The second-order valence-corrected chi connectivity index (χ2v) is 6.76. The number of amides is 1. The second kappa shape index (κ2) is 6.80. The molecule has 0 aliphatic carbocycles. The maximum absolute atomic E-state index is 11.5. The number of benzene rings is 1. The Kier molecular flexibility index (Phi) is 5.24. The standard InChI is InChI=1S/C12H11Br2N3O5/c13-7-3-6(4-8(14)5-7)11-10(16(19)20)2-1-9(15-11)12(18)17(21)22/h3-5,9-11,15H,1-2H2. The highest BCUT2D eigenvalue weighted by Gasteiger charge is 2.44. The number of hydrogen-bond acceptors (Lipinski definition) is 6. The van der Waals surface area contributed by atoms with E-state index in [1.54, 1.807) is 18.2 Å². The van der Waals surface area contributed by atoms with Gasteiger partial charge in [-0.1, -0.05) is 31.9 Å². The number of rotatable bonds is 3. The minimum Gasteiger partial charge on any atom is -0.289 e. The van der Waals surface area contributed by atoms with Crippen LogP contribution >= 0.6 is 31.9 Å². The van der Waals surface area contributed by atoms with Crippen molar-refractivity contribution in [3.05, 3.63) is 52.9 Å². The Hall–Kier alpha value is -1.39. The van der Waals surface area contributed by atoms with E-state index >= 15 is 0 Å². The largest absolute Gasteiger partial charge is 0.461 e. The summed E-state index contributed by atoms with van der Waals surface area (Å²) in [5.74, 6) is -1.17. The van der Waals surface area contributed by atoms with Crippen LogP contribution in [0.3, 0.4) is 0 Å². The molecule has 8 nitrogen and oxygen atoms in total. The van der Waals surface area contributed by atoms with Crippen LogP contribution in [-0.2, 0) is 4.79 Å². The molecule has 0 bridgehead atoms. The maximum atomic E-state index is 11.5. The monoisotopic (exact) mass is 435 g/mol. The van der Waals surface area contributed by atoms with Crippen LogP contribution in [0.2, 0.25) is 0 Å². The predicted octanol–water partition coefficient (Wildman–Crippen LogP) is 2.45. The van der Waals surface area contributed by atoms with Gasteiger partial charge in [-0.15, -0.1) is 0 Å². The van der Waals surface area contributed by atoms with Gasteiger partial charge in [-0.3, -0.25) is 25.5 Å². The van der Waals surface area contributed by atoms with E-state index in [2.05, 4.69) is 37.2 Å². The van der Waals surface area contributed by atoms with Crippen LogP contribution in [0.4, 0.5) is 0 Å². The SMILES string of the molecule is O=C(C1CCC([N+](=O)[O-])C(c2cc(Br)cc(Br)c2)N1)[N+](=O)[O-]. The number of nitrogens with one attached hydrogen (secondary N) is 1. The van der Waals surface area contributed by atoms with Gasteiger partial charge in [0.25, 0.3) is 0 Å². The second-order valence-electron chi connectivity index (χ2n) is 4.93. The Labute approximate surface area is 141 Å². The smallest absolute Gasteiger partial charge is 0.289 e. The molecule has 1 aliphatic rings. The van der Waals surface area contributed by atoms with Crippen molar-refractivity contribution >= 4 is 37.8 Å². The number of nitro groups is 2. The Morgan fingerprint density at radius 2 is 1.73 bits per heavy atom. The number of carbonyl (C=O) groups excluding carboxylic acids is 1. The topological polar surface area (TPSA) is 115 Å². The summed E-state index contributed by atoms with van der Waals surface area (Å²) in [6.45, 7) is 0. The fourth-order valence-corrected chi connectivity index (χ4v) is 3.87. The van der Waals surface area contributed by atoms with Gasteiger partial charge in [0, 0.05) is 20.3 Å². The molecule has 1 amide bonds. The first-order valence-electron chi connectivity index (χ1n) is 6.33. The third-order valence-electron chi connectivity index (χ3n) is 3.51. The summed E-state index contributed by atoms with van der Waals surface area (Å²) >= 11 is 6.60. The van der Waals surface area contributed by atoms with Crippen LogP contribution in [0.25, 0.3) is 0 Å². The molecule has 1 aromatic carbocycles. The van der Waals surface area contributed by atoms with Crippen LogP contribution in [0.15, 0.2) is 27.1 Å². The lowest BCUT2D eigenvalue weighted by atomic mass is 9.89. The molecule has 0 radical (unpaired) electrons. The molecule has 2 rings (SSSR count). The zero-order chi connectivity index (χ0) is 16.4. The molecule has 1 N–H and O–H groups in total. The van der Waals surface area contributed by atoms with Crippen molar-refractivity contribution in [3.63, 3.8) is 0 Å². The normalized spacial score (nSPS) is 24.7. The van der Waals surface area contributed by atoms with Crippen molar-refractivity contribution in [1.29, 1.82) is 0 Å². The van der Waals surface area contributed by atoms with Crippen LogP contribution in [0.5, 0.6) is 0 Å². The highest BCUT2D eigenvalue weighted by atomic mass is 79.9. The first-order chi connectivity index (χ1) is 10.3. The minimum atomic E-state index is -1.17. The molecule has 1 fully saturated rings. The molecule has 0 spiro atoms. The average Bonchev–Trinajstić information content (AvgIpc) is 2.44. The van der Waals surface area contributed by atoms with E-state index in [0.29, 0.717) is 14.5 Å². The molecule has 1 aliphatic heterocycles. The lowest BCUT2D eigenvalue weighted by Crippen LogP contribution is -2.52. The van der Waals surface area contributed by atoms with Gasteiger partial charge in [0.05, 0.1) is 0 Å². The number of halogens is 2. The Morgan fingerprint density at radius 3 is 2.23 bits per heavy atom. The van der Waals surface area contributed by atoms with Crippen LogP contribution in [0.1, 0.15) is 24.4 Å². The summed E-state index contributed by atoms with van der Waals surface area (Å²) in [7, 11) is 0. The molecular formula is C12H11Br2N3O5. The fourth-order valence-electron chi connectivity index (χ4n) is 2.54. The molecular weight excluding hydrogens is 426 g/mol. The maximum Gasteiger partial charge on any atom is 0.461 e. The minimum absolute atomic E-state index is 0.0666. The molecule has 0 aromatic heterocycles. The van der Waals surface area contributed by atoms with Crippen LogP contribution in [0, 0.1) is 20.2 Å². The average molecular weight is 437 g/mol. The van der Waals surface area contributed by atoms with Gasteiger partial charge < -0.3 is 0 Å². The van der Waals surface area contributed by atoms with Crippen molar-refractivity contribution in [1.82, 2.24) is 5.32 Å². The van der Waals surface area contributed by atoms with Crippen molar-refractivity contribution in [3.8, 4) is 0 Å². The van der Waals surface area contributed by atoms with Gasteiger partial charge in [-0.25, -0.2) is 4.79 Å². The summed E-state index contributed by atoms with van der Waals surface area (Å²) in [4.78, 5) is 32.0. The molecule has 3 atom stereocenters. The van der Waals surface area contributed by atoms with E-state index < -0.39 is 33.9 Å². The lowest BCUT2D eigenvalue weighted by molar-refractivity contribution is -0.531. The summed E-state index contributed by atoms with van der Waals surface area (Å²) in [5.41, 5.74) is 0.587. The molecule has 1 aromatic rings. The van der Waals surface area contributed by atoms with Crippen LogP contribution < -0.4 is 5.32 Å². The molecule has 3 unspecified atom stereocenters. The fraction of sp³-hybridized carbons (Fsp3) is 0.417. The number of piperidine rings is 1. The summed E-state index contributed by atoms with van der Waals surface area (Å²) in [6.07, 6.45) is 0.163. The van der Waals surface area contributed by atoms with E-state index in [9.17, 15) is 25.0 Å². The highest BCUT2D eigenvalue weighted by molar-refractivity contribution is 9.11. The van der Waals surface area contributed by atoms with E-state index in [-0.39, 0.29) is 12.8 Å². The van der Waals surface area contributed by atoms with E-state index in [1.165, 1.54) is 0 Å². The summed E-state index contributed by atoms with van der Waals surface area (Å²) in [6, 6.07) is 2.42. The number of carbonyl (C=O) groups is 1. The van der Waals surface area contributed by atoms with E-state index in [4.69, 9.17) is 0 Å². The van der Waals surface area contributed by atoms with Crippen molar-refractivity contribution in [2.75, 3.05) is 0 Å². The zero-order valence-electron chi connectivity index (χ0n) is 11.1.